The van der Waals surface area contributed by atoms with E-state index in [9.17, 15) is 9.50 Å². The number of hydrogen-bond donors (Lipinski definition) is 1. The lowest BCUT2D eigenvalue weighted by Crippen LogP contribution is -1.81. The Balaban J connectivity index is 2.50. The van der Waals surface area contributed by atoms with Crippen LogP contribution in [-0.4, -0.2) is 5.11 Å². The van der Waals surface area contributed by atoms with E-state index in [-0.39, 0.29) is 5.75 Å². The first-order valence-electron chi connectivity index (χ1n) is 4.41. The van der Waals surface area contributed by atoms with Crippen LogP contribution >= 0.6 is 22.6 Å². The Hall–Kier alpha value is -1.10. The summed E-state index contributed by atoms with van der Waals surface area (Å²) in [6.45, 7) is 0. The lowest BCUT2D eigenvalue weighted by atomic mass is 10.1. The van der Waals surface area contributed by atoms with Gasteiger partial charge in [-0.1, -0.05) is 18.2 Å². The average molecular weight is 314 g/mol. The maximum absolute atomic E-state index is 12.8. The Morgan fingerprint density at radius 3 is 2.40 bits per heavy atom. The molecule has 2 aromatic rings. The summed E-state index contributed by atoms with van der Waals surface area (Å²) >= 11 is 2.21. The van der Waals surface area contributed by atoms with Crippen molar-refractivity contribution in [2.24, 2.45) is 0 Å². The van der Waals surface area contributed by atoms with E-state index in [0.717, 1.165) is 14.7 Å². The Morgan fingerprint density at radius 1 is 1.00 bits per heavy atom. The monoisotopic (exact) mass is 314 g/mol. The molecule has 0 spiro atoms. The third-order valence-corrected chi connectivity index (χ3v) is 2.78. The van der Waals surface area contributed by atoms with Crippen LogP contribution in [0.25, 0.3) is 11.1 Å². The van der Waals surface area contributed by atoms with E-state index in [0.29, 0.717) is 0 Å². The minimum Gasteiger partial charge on any atom is -0.505 e. The van der Waals surface area contributed by atoms with Crippen molar-refractivity contribution in [2.45, 2.75) is 0 Å². The number of phenolic OH excluding ortho intramolecular Hbond substituents is 1. The highest BCUT2D eigenvalue weighted by molar-refractivity contribution is 14.1. The first kappa shape index (κ1) is 10.4. The Morgan fingerprint density at radius 2 is 1.73 bits per heavy atom. The number of halogens is 2. The zero-order valence-corrected chi connectivity index (χ0v) is 9.90. The van der Waals surface area contributed by atoms with Gasteiger partial charge in [-0.2, -0.15) is 0 Å². The molecule has 0 saturated heterocycles. The van der Waals surface area contributed by atoms with Crippen LogP contribution < -0.4 is 0 Å². The molecule has 0 saturated carbocycles. The van der Waals surface area contributed by atoms with Crippen molar-refractivity contribution in [3.63, 3.8) is 0 Å². The highest BCUT2D eigenvalue weighted by Crippen LogP contribution is 2.26. The molecular formula is C12H8FIO. The number of aromatic hydroxyl groups is 1. The summed E-state index contributed by atoms with van der Waals surface area (Å²) < 4.78 is 13.9. The predicted molar refractivity (Wildman–Crippen MR) is 66.2 cm³/mol. The van der Waals surface area contributed by atoms with Crippen molar-refractivity contribution in [1.29, 1.82) is 0 Å². The van der Waals surface area contributed by atoms with Gasteiger partial charge in [-0.15, -0.1) is 0 Å². The Kier molecular flexibility index (Phi) is 2.90. The number of benzene rings is 2. The van der Waals surface area contributed by atoms with Crippen molar-refractivity contribution in [1.82, 2.24) is 0 Å². The van der Waals surface area contributed by atoms with Gasteiger partial charge < -0.3 is 5.11 Å². The van der Waals surface area contributed by atoms with Crippen molar-refractivity contribution in [3.8, 4) is 16.9 Å². The van der Waals surface area contributed by atoms with E-state index in [1.807, 2.05) is 24.3 Å². The molecule has 1 N–H and O–H groups in total. The van der Waals surface area contributed by atoms with Crippen LogP contribution in [-0.2, 0) is 0 Å². The molecule has 0 aromatic heterocycles. The number of rotatable bonds is 1. The second kappa shape index (κ2) is 4.18. The van der Waals surface area contributed by atoms with Crippen LogP contribution in [0.2, 0.25) is 0 Å². The molecule has 0 heterocycles. The summed E-state index contributed by atoms with van der Waals surface area (Å²) in [6, 6.07) is 12.2. The molecule has 0 fully saturated rings. The van der Waals surface area contributed by atoms with Crippen molar-refractivity contribution in [3.05, 3.63) is 51.9 Å². The van der Waals surface area contributed by atoms with E-state index in [1.54, 1.807) is 6.07 Å². The standard InChI is InChI=1S/C12H8FIO/c13-11-5-4-9(7-12(11)15)8-2-1-3-10(14)6-8/h1-7,15H. The summed E-state index contributed by atoms with van der Waals surface area (Å²) in [5, 5.41) is 9.25. The van der Waals surface area contributed by atoms with Gasteiger partial charge in [0.25, 0.3) is 0 Å². The zero-order valence-electron chi connectivity index (χ0n) is 7.74. The average Bonchev–Trinajstić information content (AvgIpc) is 2.22. The van der Waals surface area contributed by atoms with Gasteiger partial charge in [0.15, 0.2) is 11.6 Å². The second-order valence-electron chi connectivity index (χ2n) is 3.18. The van der Waals surface area contributed by atoms with Crippen LogP contribution in [0, 0.1) is 9.39 Å². The van der Waals surface area contributed by atoms with Gasteiger partial charge in [-0.3, -0.25) is 0 Å². The molecule has 0 radical (unpaired) electrons. The summed E-state index contributed by atoms with van der Waals surface area (Å²) in [5.41, 5.74) is 1.78. The molecule has 0 unspecified atom stereocenters. The van der Waals surface area contributed by atoms with E-state index in [4.69, 9.17) is 0 Å². The lowest BCUT2D eigenvalue weighted by Gasteiger charge is -2.03. The molecule has 2 rings (SSSR count). The molecule has 0 aliphatic heterocycles. The first-order valence-corrected chi connectivity index (χ1v) is 5.49. The maximum Gasteiger partial charge on any atom is 0.164 e. The summed E-state index contributed by atoms with van der Waals surface area (Å²) in [5.74, 6) is -0.907. The van der Waals surface area contributed by atoms with Crippen molar-refractivity contribution >= 4 is 22.6 Å². The topological polar surface area (TPSA) is 20.2 Å². The Labute approximate surface area is 101 Å². The minimum atomic E-state index is -0.593. The van der Waals surface area contributed by atoms with E-state index < -0.39 is 5.82 Å². The normalized spacial score (nSPS) is 10.3. The highest BCUT2D eigenvalue weighted by atomic mass is 127. The van der Waals surface area contributed by atoms with Gasteiger partial charge >= 0.3 is 0 Å². The van der Waals surface area contributed by atoms with E-state index >= 15 is 0 Å². The molecule has 0 bridgehead atoms. The van der Waals surface area contributed by atoms with Gasteiger partial charge in [-0.25, -0.2) is 4.39 Å². The number of hydrogen-bond acceptors (Lipinski definition) is 1. The van der Waals surface area contributed by atoms with Crippen molar-refractivity contribution < 1.29 is 9.50 Å². The van der Waals surface area contributed by atoms with Crippen LogP contribution in [0.4, 0.5) is 4.39 Å². The molecule has 1 nitrogen and oxygen atoms in total. The van der Waals surface area contributed by atoms with Crippen LogP contribution in [0.1, 0.15) is 0 Å². The predicted octanol–water partition coefficient (Wildman–Crippen LogP) is 3.80. The van der Waals surface area contributed by atoms with Crippen molar-refractivity contribution in [2.75, 3.05) is 0 Å². The Bertz CT molecular complexity index is 497. The highest BCUT2D eigenvalue weighted by Gasteiger charge is 2.03. The van der Waals surface area contributed by atoms with Gasteiger partial charge in [0.2, 0.25) is 0 Å². The minimum absolute atomic E-state index is 0.314. The summed E-state index contributed by atoms with van der Waals surface area (Å²) in [4.78, 5) is 0. The molecule has 2 aromatic carbocycles. The summed E-state index contributed by atoms with van der Waals surface area (Å²) in [7, 11) is 0. The second-order valence-corrected chi connectivity index (χ2v) is 4.42. The van der Waals surface area contributed by atoms with E-state index in [1.165, 1.54) is 12.1 Å². The van der Waals surface area contributed by atoms with E-state index in [2.05, 4.69) is 22.6 Å². The molecule has 15 heavy (non-hydrogen) atoms. The fourth-order valence-electron chi connectivity index (χ4n) is 1.36. The zero-order chi connectivity index (χ0) is 10.8. The first-order chi connectivity index (χ1) is 7.16. The smallest absolute Gasteiger partial charge is 0.164 e. The quantitative estimate of drug-likeness (QED) is 0.794. The third kappa shape index (κ3) is 2.28. The SMILES string of the molecule is Oc1cc(-c2cccc(I)c2)ccc1F. The fraction of sp³-hybridized carbons (Fsp3) is 0. The largest absolute Gasteiger partial charge is 0.505 e. The van der Waals surface area contributed by atoms with Crippen LogP contribution in [0.5, 0.6) is 5.75 Å². The fourth-order valence-corrected chi connectivity index (χ4v) is 1.90. The molecule has 76 valence electrons. The maximum atomic E-state index is 12.8. The van der Waals surface area contributed by atoms with Gasteiger partial charge in [0, 0.05) is 3.57 Å². The molecule has 0 aliphatic rings. The van der Waals surface area contributed by atoms with Crippen LogP contribution in [0.15, 0.2) is 42.5 Å². The van der Waals surface area contributed by atoms with Crippen LogP contribution in [0.3, 0.4) is 0 Å². The molecular weight excluding hydrogens is 306 g/mol. The summed E-state index contributed by atoms with van der Waals surface area (Å²) in [6.07, 6.45) is 0. The van der Waals surface area contributed by atoms with Gasteiger partial charge in [0.05, 0.1) is 0 Å². The van der Waals surface area contributed by atoms with Gasteiger partial charge in [-0.05, 0) is 58.0 Å². The molecule has 0 atom stereocenters. The third-order valence-electron chi connectivity index (χ3n) is 2.10. The lowest BCUT2D eigenvalue weighted by molar-refractivity contribution is 0.433. The molecule has 0 aliphatic carbocycles. The molecule has 0 amide bonds. The molecule has 3 heteroatoms. The van der Waals surface area contributed by atoms with Gasteiger partial charge in [0.1, 0.15) is 0 Å². The number of phenols is 1.